The fraction of sp³-hybridized carbons (Fsp3) is 0.991. The number of nitrogens with zero attached hydrogens (tertiary/aromatic N) is 10. The summed E-state index contributed by atoms with van der Waals surface area (Å²) in [5.74, 6) is -2.43. The Bertz CT molecular complexity index is 2730. The van der Waals surface area contributed by atoms with Gasteiger partial charge in [0.2, 0.25) is 0 Å². The Labute approximate surface area is 901 Å². The molecule has 0 aromatic heterocycles. The number of piperidine rings is 10. The molecule has 27 nitrogen and oxygen atoms in total. The number of rotatable bonds is 50. The Balaban J connectivity index is 0. The van der Waals surface area contributed by atoms with Crippen molar-refractivity contribution in [3.05, 3.63) is 0 Å². The van der Waals surface area contributed by atoms with Gasteiger partial charge < -0.3 is 117 Å². The van der Waals surface area contributed by atoms with Crippen LogP contribution in [0.25, 0.3) is 0 Å². The lowest BCUT2D eigenvalue weighted by Gasteiger charge is -2.39. The highest BCUT2D eigenvalue weighted by molar-refractivity contribution is 5.20. The Morgan fingerprint density at radius 1 is 0.270 bits per heavy atom. The van der Waals surface area contributed by atoms with E-state index in [0.717, 1.165) is 299 Å². The van der Waals surface area contributed by atoms with Gasteiger partial charge >= 0.3 is 6.15 Å². The SMILES string of the molecule is C.CC(C)OCCCN1CCC(C)(F)CC1.CC(C)OCCCN1CCC(F)(F)CC1.CC(C)OCCCN1CCC(F)CC1.CC(C)OCCCN1CCC(O)CC1.CC(C)OCCCN1CCCCC1.CC(C)OCCCN1CCC[C@@H](O)C1.CC(C)OCCCN1CCC[C@H](O)C1.CC(C)OCCCN1CC[C@H](O)[C@@H](F)C1.CC(C)OCCCN1CC[C@H](O)[C@H](F)C1.CC(C)OCCCN1[C@H](C)CCC[C@@H]1C.O=C=O. The fourth-order valence-electron chi connectivity index (χ4n) is 18.5. The van der Waals surface area contributed by atoms with E-state index in [0.29, 0.717) is 107 Å². The van der Waals surface area contributed by atoms with E-state index in [1.807, 2.05) is 41.5 Å². The number of hydrogen-bond acceptors (Lipinski definition) is 27. The summed E-state index contributed by atoms with van der Waals surface area (Å²) in [5, 5.41) is 46.6. The highest BCUT2D eigenvalue weighted by Crippen LogP contribution is 2.30. The van der Waals surface area contributed by atoms with Crippen molar-refractivity contribution < 1.29 is 109 Å². The van der Waals surface area contributed by atoms with Crippen LogP contribution >= 0.6 is 0 Å². The molecule has 0 aromatic rings. The van der Waals surface area contributed by atoms with Crippen LogP contribution in [-0.4, -0.2) is 464 Å². The molecule has 0 radical (unpaired) electrons. The summed E-state index contributed by atoms with van der Waals surface area (Å²) in [6.45, 7) is 81.7. The summed E-state index contributed by atoms with van der Waals surface area (Å²) in [4.78, 5) is 39.4. The van der Waals surface area contributed by atoms with Gasteiger partial charge in [-0.1, -0.05) is 20.3 Å². The van der Waals surface area contributed by atoms with Crippen LogP contribution in [0.4, 0.5) is 26.3 Å². The first-order valence-electron chi connectivity index (χ1n) is 58.5. The zero-order chi connectivity index (χ0) is 110. The molecule has 0 aliphatic carbocycles. The normalized spacial score (nSPS) is 23.5. The minimum atomic E-state index is -2.43. The van der Waals surface area contributed by atoms with Gasteiger partial charge in [-0.25, -0.2) is 26.3 Å². The molecule has 8 atom stereocenters. The summed E-state index contributed by atoms with van der Waals surface area (Å²) >= 11 is 0. The van der Waals surface area contributed by atoms with Crippen LogP contribution in [0.1, 0.15) is 359 Å². The van der Waals surface area contributed by atoms with E-state index in [-0.39, 0.29) is 63.0 Å². The standard InChI is InChI=1S/C13H27NO.C12H24FNO.C11H21F2NO.2C11H22FNO2.C11H22FNO.3C11H23NO2.C11H23NO.CO2.CH4/c1-11(2)15-10-6-9-14-12(3)7-5-8-13(14)4;1-11(2)15-10-4-7-14-8-5-12(3,13)6-9-14;1-10(2)15-9-3-6-14-7-4-11(12,13)5-8-14;2*1-9(2)15-7-3-5-13-6-4-11(14)10(12)8-13;1-10(2)14-9-3-6-13-7-4-11(12)5-8-13;1-10(2)14-9-3-6-12-7-4-11(13)5-8-12;2*1-10(2)14-8-4-7-12-6-3-5-11(13)9-12;1-11(2)13-10-6-9-12-7-4-3-5-8-12;2-1-3;/h11-13H,5-10H2,1-4H3;11H,4-10H2,1-3H3;10H,3-9H2,1-2H3;2*9-11,14H,3-8H2,1-2H3;10-11H,3-9H2,1-2H3;3*10-11,13H,3-9H2,1-2H3;11H,3-10H2,1-2H3;;1H4/t12-,13+;;;10-,11+;10-,11-;;;2*11-;;;/m...10..10.../s1. The van der Waals surface area contributed by atoms with Crippen molar-refractivity contribution in [2.75, 3.05) is 249 Å². The molecule has 0 spiro atoms. The van der Waals surface area contributed by atoms with E-state index < -0.39 is 42.3 Å². The van der Waals surface area contributed by atoms with Crippen molar-refractivity contribution in [1.82, 2.24) is 49.0 Å². The molecule has 0 bridgehead atoms. The van der Waals surface area contributed by atoms with Crippen LogP contribution in [0.3, 0.4) is 0 Å². The van der Waals surface area contributed by atoms with E-state index in [2.05, 4.69) is 160 Å². The summed E-state index contributed by atoms with van der Waals surface area (Å²) in [5.41, 5.74) is -0.926. The third-order valence-electron chi connectivity index (χ3n) is 27.2. The van der Waals surface area contributed by atoms with Crippen molar-refractivity contribution in [3.63, 3.8) is 0 Å². The van der Waals surface area contributed by atoms with Gasteiger partial charge in [0.25, 0.3) is 5.92 Å². The van der Waals surface area contributed by atoms with E-state index in [1.165, 1.54) is 77.5 Å². The Hall–Kier alpha value is -2.04. The maximum absolute atomic E-state index is 13.5. The molecule has 10 aliphatic heterocycles. The highest BCUT2D eigenvalue weighted by Gasteiger charge is 2.35. The number of β-amino-alcohol motifs (C(OH)–C–C–N with tert-alkyl or cyclic N) is 2. The van der Waals surface area contributed by atoms with Gasteiger partial charge in [0.05, 0.1) is 91.6 Å². The van der Waals surface area contributed by atoms with Gasteiger partial charge in [0, 0.05) is 248 Å². The van der Waals surface area contributed by atoms with Crippen molar-refractivity contribution >= 4 is 6.15 Å². The molecular formula is C115H234F6N10O17. The predicted octanol–water partition coefficient (Wildman–Crippen LogP) is 19.0. The quantitative estimate of drug-likeness (QED) is 0.0280. The van der Waals surface area contributed by atoms with E-state index >= 15 is 0 Å². The predicted molar refractivity (Wildman–Crippen MR) is 594 cm³/mol. The minimum Gasteiger partial charge on any atom is -0.393 e. The van der Waals surface area contributed by atoms with Crippen molar-refractivity contribution in [2.45, 2.75) is 493 Å². The van der Waals surface area contributed by atoms with Gasteiger partial charge in [-0.3, -0.25) is 4.90 Å². The van der Waals surface area contributed by atoms with Gasteiger partial charge in [-0.05, 0) is 352 Å². The molecule has 0 amide bonds. The number of ether oxygens (including phenoxy) is 10. The summed E-state index contributed by atoms with van der Waals surface area (Å²) < 4.78 is 133. The molecule has 0 saturated carbocycles. The van der Waals surface area contributed by atoms with E-state index in [9.17, 15) is 51.9 Å². The zero-order valence-electron chi connectivity index (χ0n) is 98.0. The largest absolute Gasteiger partial charge is 0.393 e. The first kappa shape index (κ1) is 148. The molecule has 0 unspecified atom stereocenters. The van der Waals surface area contributed by atoms with Crippen LogP contribution in [0, 0.1) is 0 Å². The lowest BCUT2D eigenvalue weighted by atomic mass is 9.96. The molecule has 10 heterocycles. The zero-order valence-corrected chi connectivity index (χ0v) is 98.0. The molecular weight excluding hydrogens is 1910 g/mol. The maximum atomic E-state index is 13.5. The van der Waals surface area contributed by atoms with Crippen molar-refractivity contribution in [3.8, 4) is 0 Å². The number of likely N-dealkylation sites (tertiary alicyclic amines) is 10. The lowest BCUT2D eigenvalue weighted by Crippen LogP contribution is -2.44. The first-order chi connectivity index (χ1) is 69.7. The van der Waals surface area contributed by atoms with Crippen LogP contribution in [0.15, 0.2) is 0 Å². The Morgan fingerprint density at radius 2 is 0.493 bits per heavy atom. The van der Waals surface area contributed by atoms with Crippen LogP contribution < -0.4 is 0 Å². The number of hydrogen-bond donors (Lipinski definition) is 5. The minimum absolute atomic E-state index is 0. The molecule has 0 aromatic carbocycles. The monoisotopic (exact) mass is 2140 g/mol. The number of aliphatic hydroxyl groups is 5. The molecule has 148 heavy (non-hydrogen) atoms. The summed E-state index contributed by atoms with van der Waals surface area (Å²) in [6, 6.07) is 1.54. The third-order valence-corrected chi connectivity index (χ3v) is 27.2. The second-order valence-electron chi connectivity index (χ2n) is 45.2. The van der Waals surface area contributed by atoms with Crippen LogP contribution in [0.5, 0.6) is 0 Å². The molecule has 10 fully saturated rings. The van der Waals surface area contributed by atoms with Crippen LogP contribution in [-0.2, 0) is 57.0 Å². The Kier molecular flexibility index (Phi) is 93.8. The van der Waals surface area contributed by atoms with Gasteiger partial charge in [0.1, 0.15) is 24.2 Å². The fourth-order valence-corrected chi connectivity index (χ4v) is 18.5. The number of carbonyl (C=O) groups excluding carboxylic acids is 2. The lowest BCUT2D eigenvalue weighted by molar-refractivity contribution is -0.191. The molecule has 10 rings (SSSR count). The van der Waals surface area contributed by atoms with Gasteiger partial charge in [-0.2, -0.15) is 9.59 Å². The molecule has 10 saturated heterocycles. The summed E-state index contributed by atoms with van der Waals surface area (Å²) in [6.07, 6.45) is 27.9. The number of aliphatic hydroxyl groups excluding tert-OH is 5. The number of alkyl halides is 6. The van der Waals surface area contributed by atoms with Crippen molar-refractivity contribution in [1.29, 1.82) is 0 Å². The van der Waals surface area contributed by atoms with E-state index in [4.69, 9.17) is 57.0 Å². The van der Waals surface area contributed by atoms with Crippen molar-refractivity contribution in [2.24, 2.45) is 0 Å². The average Bonchev–Trinajstić information content (AvgIpc) is 0.864. The average molecular weight is 2140 g/mol. The second kappa shape index (κ2) is 93.8. The summed E-state index contributed by atoms with van der Waals surface area (Å²) in [7, 11) is 0. The van der Waals surface area contributed by atoms with Gasteiger partial charge in [0.15, 0.2) is 0 Å². The second-order valence-corrected chi connectivity index (χ2v) is 45.2. The van der Waals surface area contributed by atoms with Crippen LogP contribution in [0.2, 0.25) is 0 Å². The Morgan fingerprint density at radius 3 is 0.757 bits per heavy atom. The number of halogens is 6. The molecule has 888 valence electrons. The third kappa shape index (κ3) is 90.8. The molecule has 10 aliphatic rings. The van der Waals surface area contributed by atoms with E-state index in [1.54, 1.807) is 6.92 Å². The maximum Gasteiger partial charge on any atom is 0.373 e. The first-order valence-corrected chi connectivity index (χ1v) is 58.5. The molecule has 33 heteroatoms. The van der Waals surface area contributed by atoms with Gasteiger partial charge in [-0.15, -0.1) is 0 Å². The molecule has 5 N–H and O–H groups in total. The highest BCUT2D eigenvalue weighted by atomic mass is 19.3. The smallest absolute Gasteiger partial charge is 0.373 e. The topological polar surface area (TPSA) is 260 Å².